The first-order chi connectivity index (χ1) is 16.3. The SMILES string of the molecule is Cc1ccc(S(=O)(=O)Nc2cccc(C(=O)NCC(C3CCOC3)N3CCOCC3)c2)cc1F. The lowest BCUT2D eigenvalue weighted by molar-refractivity contribution is 0.00166. The molecular weight excluding hydrogens is 461 g/mol. The van der Waals surface area contributed by atoms with E-state index in [0.717, 1.165) is 32.2 Å². The van der Waals surface area contributed by atoms with Gasteiger partial charge in [0.2, 0.25) is 0 Å². The summed E-state index contributed by atoms with van der Waals surface area (Å²) in [6, 6.07) is 10.1. The number of anilines is 1. The number of sulfonamides is 1. The Labute approximate surface area is 199 Å². The topological polar surface area (TPSA) is 97.0 Å². The summed E-state index contributed by atoms with van der Waals surface area (Å²) in [5, 5.41) is 3.00. The van der Waals surface area contributed by atoms with Gasteiger partial charge in [-0.05, 0) is 49.2 Å². The number of ether oxygens (including phenoxy) is 2. The number of nitrogens with zero attached hydrogens (tertiary/aromatic N) is 1. The van der Waals surface area contributed by atoms with Crippen LogP contribution in [0.2, 0.25) is 0 Å². The first kappa shape index (κ1) is 24.6. The molecule has 34 heavy (non-hydrogen) atoms. The molecule has 2 aromatic rings. The molecule has 10 heteroatoms. The third-order valence-corrected chi connectivity index (χ3v) is 7.71. The Morgan fingerprint density at radius 2 is 1.94 bits per heavy atom. The highest BCUT2D eigenvalue weighted by Crippen LogP contribution is 2.23. The zero-order valence-electron chi connectivity index (χ0n) is 19.1. The molecule has 2 aromatic carbocycles. The number of nitrogens with one attached hydrogen (secondary N) is 2. The zero-order valence-corrected chi connectivity index (χ0v) is 19.9. The molecule has 4 rings (SSSR count). The van der Waals surface area contributed by atoms with Crippen LogP contribution in [0.5, 0.6) is 0 Å². The van der Waals surface area contributed by atoms with Gasteiger partial charge in [-0.15, -0.1) is 0 Å². The molecule has 0 bridgehead atoms. The second kappa shape index (κ2) is 10.8. The molecule has 2 aliphatic heterocycles. The van der Waals surface area contributed by atoms with E-state index in [1.54, 1.807) is 25.1 Å². The van der Waals surface area contributed by atoms with Crippen LogP contribution in [-0.2, 0) is 19.5 Å². The van der Waals surface area contributed by atoms with E-state index < -0.39 is 15.8 Å². The van der Waals surface area contributed by atoms with Crippen molar-refractivity contribution in [2.24, 2.45) is 5.92 Å². The van der Waals surface area contributed by atoms with Gasteiger partial charge in [-0.2, -0.15) is 0 Å². The smallest absolute Gasteiger partial charge is 0.261 e. The Bertz CT molecular complexity index is 1120. The van der Waals surface area contributed by atoms with E-state index in [1.807, 2.05) is 0 Å². The average Bonchev–Trinajstić information content (AvgIpc) is 3.36. The van der Waals surface area contributed by atoms with E-state index in [-0.39, 0.29) is 22.5 Å². The fourth-order valence-corrected chi connectivity index (χ4v) is 5.40. The second-order valence-corrected chi connectivity index (χ2v) is 10.3. The Morgan fingerprint density at radius 1 is 1.15 bits per heavy atom. The zero-order chi connectivity index (χ0) is 24.1. The molecule has 2 atom stereocenters. The first-order valence-electron chi connectivity index (χ1n) is 11.4. The summed E-state index contributed by atoms with van der Waals surface area (Å²) in [7, 11) is -4.00. The number of hydrogen-bond acceptors (Lipinski definition) is 6. The van der Waals surface area contributed by atoms with Crippen LogP contribution in [0.15, 0.2) is 47.4 Å². The van der Waals surface area contributed by atoms with Gasteiger partial charge in [-0.25, -0.2) is 12.8 Å². The number of benzene rings is 2. The van der Waals surface area contributed by atoms with Gasteiger partial charge >= 0.3 is 0 Å². The molecule has 184 valence electrons. The number of hydrogen-bond donors (Lipinski definition) is 2. The van der Waals surface area contributed by atoms with E-state index in [4.69, 9.17) is 9.47 Å². The van der Waals surface area contributed by atoms with Gasteiger partial charge in [0.15, 0.2) is 0 Å². The Morgan fingerprint density at radius 3 is 2.65 bits per heavy atom. The van der Waals surface area contributed by atoms with E-state index in [9.17, 15) is 17.6 Å². The fourth-order valence-electron chi connectivity index (χ4n) is 4.34. The molecule has 0 spiro atoms. The van der Waals surface area contributed by atoms with Crippen molar-refractivity contribution in [3.05, 3.63) is 59.4 Å². The number of halogens is 1. The van der Waals surface area contributed by atoms with E-state index in [2.05, 4.69) is 14.9 Å². The first-order valence-corrected chi connectivity index (χ1v) is 12.9. The van der Waals surface area contributed by atoms with Gasteiger partial charge in [0.1, 0.15) is 5.82 Å². The maximum atomic E-state index is 13.9. The van der Waals surface area contributed by atoms with Crippen LogP contribution in [-0.4, -0.2) is 71.3 Å². The molecule has 0 aromatic heterocycles. The van der Waals surface area contributed by atoms with E-state index in [1.165, 1.54) is 18.2 Å². The number of carbonyl (C=O) groups excluding carboxylic acids is 1. The molecule has 0 aliphatic carbocycles. The predicted molar refractivity (Wildman–Crippen MR) is 126 cm³/mol. The van der Waals surface area contributed by atoms with Crippen LogP contribution in [0.1, 0.15) is 22.3 Å². The van der Waals surface area contributed by atoms with Crippen LogP contribution in [0.3, 0.4) is 0 Å². The van der Waals surface area contributed by atoms with Gasteiger partial charge in [-0.1, -0.05) is 12.1 Å². The minimum absolute atomic E-state index is 0.147. The number of rotatable bonds is 8. The molecular formula is C24H30FN3O5S. The summed E-state index contributed by atoms with van der Waals surface area (Å²) >= 11 is 0. The fraction of sp³-hybridized carbons (Fsp3) is 0.458. The molecule has 2 heterocycles. The summed E-state index contributed by atoms with van der Waals surface area (Å²) in [6.07, 6.45) is 0.953. The lowest BCUT2D eigenvalue weighted by Gasteiger charge is -2.37. The van der Waals surface area contributed by atoms with Crippen LogP contribution in [0.25, 0.3) is 0 Å². The van der Waals surface area contributed by atoms with Gasteiger partial charge in [0.05, 0.1) is 24.7 Å². The van der Waals surface area contributed by atoms with Crippen molar-refractivity contribution in [1.29, 1.82) is 0 Å². The van der Waals surface area contributed by atoms with Crippen molar-refractivity contribution in [1.82, 2.24) is 10.2 Å². The van der Waals surface area contributed by atoms with Crippen LogP contribution >= 0.6 is 0 Å². The maximum absolute atomic E-state index is 13.9. The lowest BCUT2D eigenvalue weighted by Crippen LogP contribution is -2.52. The van der Waals surface area contributed by atoms with Crippen molar-refractivity contribution in [3.63, 3.8) is 0 Å². The highest BCUT2D eigenvalue weighted by atomic mass is 32.2. The summed E-state index contributed by atoms with van der Waals surface area (Å²) in [6.45, 7) is 6.40. The average molecular weight is 492 g/mol. The third-order valence-electron chi connectivity index (χ3n) is 6.33. The highest BCUT2D eigenvalue weighted by Gasteiger charge is 2.31. The van der Waals surface area contributed by atoms with Gasteiger partial charge in [0, 0.05) is 49.5 Å². The molecule has 2 unspecified atom stereocenters. The van der Waals surface area contributed by atoms with Crippen LogP contribution in [0, 0.1) is 18.7 Å². The minimum atomic E-state index is -4.00. The Kier molecular flexibility index (Phi) is 7.82. The molecule has 2 N–H and O–H groups in total. The van der Waals surface area contributed by atoms with Crippen LogP contribution < -0.4 is 10.0 Å². The van der Waals surface area contributed by atoms with Crippen LogP contribution in [0.4, 0.5) is 10.1 Å². The largest absolute Gasteiger partial charge is 0.381 e. The number of amides is 1. The predicted octanol–water partition coefficient (Wildman–Crippen LogP) is 2.40. The maximum Gasteiger partial charge on any atom is 0.261 e. The molecule has 0 radical (unpaired) electrons. The van der Waals surface area contributed by atoms with Gasteiger partial charge < -0.3 is 14.8 Å². The minimum Gasteiger partial charge on any atom is -0.381 e. The molecule has 1 amide bonds. The number of carbonyl (C=O) groups is 1. The number of aryl methyl sites for hydroxylation is 1. The summed E-state index contributed by atoms with van der Waals surface area (Å²) in [5.74, 6) is -0.551. The molecule has 0 saturated carbocycles. The third kappa shape index (κ3) is 5.93. The highest BCUT2D eigenvalue weighted by molar-refractivity contribution is 7.92. The van der Waals surface area contributed by atoms with Crippen molar-refractivity contribution in [2.45, 2.75) is 24.3 Å². The Hall–Kier alpha value is -2.53. The summed E-state index contributed by atoms with van der Waals surface area (Å²) < 4.78 is 52.7. The van der Waals surface area contributed by atoms with Crippen molar-refractivity contribution in [2.75, 3.05) is 50.8 Å². The quantitative estimate of drug-likeness (QED) is 0.589. The second-order valence-electron chi connectivity index (χ2n) is 8.65. The molecule has 2 saturated heterocycles. The standard InChI is InChI=1S/C24H30FN3O5S/c1-17-5-6-21(14-22(17)25)34(30,31)27-20-4-2-3-18(13-20)24(29)26-15-23(19-7-10-33-16-19)28-8-11-32-12-9-28/h2-6,13-14,19,23,27H,7-12,15-16H2,1H3,(H,26,29). The van der Waals surface area contributed by atoms with E-state index >= 15 is 0 Å². The van der Waals surface area contributed by atoms with Gasteiger partial charge in [0.25, 0.3) is 15.9 Å². The van der Waals surface area contributed by atoms with E-state index in [0.29, 0.717) is 43.4 Å². The molecule has 2 fully saturated rings. The Balaban J connectivity index is 1.43. The monoisotopic (exact) mass is 491 g/mol. The number of morpholine rings is 1. The van der Waals surface area contributed by atoms with Crippen molar-refractivity contribution >= 4 is 21.6 Å². The lowest BCUT2D eigenvalue weighted by atomic mass is 9.96. The molecule has 2 aliphatic rings. The molecule has 8 nitrogen and oxygen atoms in total. The summed E-state index contributed by atoms with van der Waals surface area (Å²) in [4.78, 5) is 15.1. The van der Waals surface area contributed by atoms with Crippen molar-refractivity contribution < 1.29 is 27.1 Å². The normalized spacial score (nSPS) is 20.1. The van der Waals surface area contributed by atoms with Crippen molar-refractivity contribution in [3.8, 4) is 0 Å². The summed E-state index contributed by atoms with van der Waals surface area (Å²) in [5.41, 5.74) is 0.915. The van der Waals surface area contributed by atoms with Gasteiger partial charge in [-0.3, -0.25) is 14.4 Å².